The first-order valence-electron chi connectivity index (χ1n) is 10.7. The molecule has 2 heterocycles. The fourth-order valence-electron chi connectivity index (χ4n) is 4.44. The monoisotopic (exact) mass is 416 g/mol. The molecule has 0 radical (unpaired) electrons. The van der Waals surface area contributed by atoms with Gasteiger partial charge in [-0.2, -0.15) is 0 Å². The van der Waals surface area contributed by atoms with E-state index in [9.17, 15) is 14.4 Å². The molecule has 2 saturated heterocycles. The van der Waals surface area contributed by atoms with E-state index in [1.807, 2.05) is 23.1 Å². The molecule has 7 nitrogen and oxygen atoms in total. The molecule has 1 aromatic rings. The SMILES string of the molecule is CC(C)(C)OC(=O)[C@H]1CC(CC(=O)O)CN[C@@H]1C(=O)N1CCC(c2ccccc2)C1. The standard InChI is InChI=1S/C23H32N2O5/c1-23(2,3)30-22(29)18-11-15(12-19(26)27)13-24-20(18)21(28)25-10-9-17(14-25)16-7-5-4-6-8-16/h4-8,15,17-18,20,24H,9-14H2,1-3H3,(H,26,27)/t15?,17?,18-,20-/m0/s1. The predicted molar refractivity (Wildman–Crippen MR) is 112 cm³/mol. The van der Waals surface area contributed by atoms with Crippen molar-refractivity contribution in [3.05, 3.63) is 35.9 Å². The normalized spacial score (nSPS) is 27.0. The summed E-state index contributed by atoms with van der Waals surface area (Å²) in [5, 5.41) is 12.3. The number of ether oxygens (including phenoxy) is 1. The van der Waals surface area contributed by atoms with Gasteiger partial charge in [0, 0.05) is 25.4 Å². The van der Waals surface area contributed by atoms with E-state index in [1.165, 1.54) is 5.56 Å². The summed E-state index contributed by atoms with van der Waals surface area (Å²) in [6, 6.07) is 9.47. The van der Waals surface area contributed by atoms with E-state index in [4.69, 9.17) is 9.84 Å². The number of amides is 1. The molecule has 2 aliphatic rings. The van der Waals surface area contributed by atoms with Crippen LogP contribution in [-0.2, 0) is 19.1 Å². The summed E-state index contributed by atoms with van der Waals surface area (Å²) in [7, 11) is 0. The van der Waals surface area contributed by atoms with Crippen molar-refractivity contribution in [1.82, 2.24) is 10.2 Å². The van der Waals surface area contributed by atoms with Crippen molar-refractivity contribution in [3.8, 4) is 0 Å². The van der Waals surface area contributed by atoms with Crippen molar-refractivity contribution in [3.63, 3.8) is 0 Å². The molecular formula is C23H32N2O5. The van der Waals surface area contributed by atoms with E-state index in [0.29, 0.717) is 32.0 Å². The lowest BCUT2D eigenvalue weighted by molar-refractivity contribution is -0.165. The number of hydrogen-bond donors (Lipinski definition) is 2. The van der Waals surface area contributed by atoms with E-state index in [0.717, 1.165) is 6.42 Å². The van der Waals surface area contributed by atoms with Gasteiger partial charge in [0.15, 0.2) is 0 Å². The number of likely N-dealkylation sites (tertiary alicyclic amines) is 1. The molecule has 0 bridgehead atoms. The van der Waals surface area contributed by atoms with Crippen LogP contribution in [0.3, 0.4) is 0 Å². The fraction of sp³-hybridized carbons (Fsp3) is 0.609. The van der Waals surface area contributed by atoms with Gasteiger partial charge < -0.3 is 20.1 Å². The Bertz CT molecular complexity index is 774. The number of carboxylic acids is 1. The van der Waals surface area contributed by atoms with E-state index in [2.05, 4.69) is 17.4 Å². The van der Waals surface area contributed by atoms with Crippen LogP contribution < -0.4 is 5.32 Å². The molecule has 0 saturated carbocycles. The largest absolute Gasteiger partial charge is 0.481 e. The number of aliphatic carboxylic acids is 1. The van der Waals surface area contributed by atoms with Crippen LogP contribution in [0.2, 0.25) is 0 Å². The fourth-order valence-corrected chi connectivity index (χ4v) is 4.44. The average Bonchev–Trinajstić information content (AvgIpc) is 3.16. The third-order valence-corrected chi connectivity index (χ3v) is 5.83. The van der Waals surface area contributed by atoms with Crippen LogP contribution in [0.5, 0.6) is 0 Å². The highest BCUT2D eigenvalue weighted by atomic mass is 16.6. The number of piperidine rings is 1. The van der Waals surface area contributed by atoms with E-state index < -0.39 is 29.5 Å². The topological polar surface area (TPSA) is 95.9 Å². The lowest BCUT2D eigenvalue weighted by atomic mass is 9.82. The summed E-state index contributed by atoms with van der Waals surface area (Å²) in [5.41, 5.74) is 0.547. The Kier molecular flexibility index (Phi) is 6.81. The molecule has 164 valence electrons. The van der Waals surface area contributed by atoms with Crippen LogP contribution in [0.1, 0.15) is 51.5 Å². The van der Waals surface area contributed by atoms with Gasteiger partial charge in [0.25, 0.3) is 0 Å². The van der Waals surface area contributed by atoms with Crippen LogP contribution in [0.15, 0.2) is 30.3 Å². The molecular weight excluding hydrogens is 384 g/mol. The van der Waals surface area contributed by atoms with Gasteiger partial charge in [-0.25, -0.2) is 0 Å². The number of nitrogens with one attached hydrogen (secondary N) is 1. The Labute approximate surface area is 177 Å². The van der Waals surface area contributed by atoms with Crippen LogP contribution in [-0.4, -0.2) is 59.1 Å². The molecule has 2 aliphatic heterocycles. The van der Waals surface area contributed by atoms with Crippen molar-refractivity contribution in [2.24, 2.45) is 11.8 Å². The Morgan fingerprint density at radius 2 is 1.90 bits per heavy atom. The first-order chi connectivity index (χ1) is 14.1. The summed E-state index contributed by atoms with van der Waals surface area (Å²) in [5.74, 6) is -2.05. The minimum atomic E-state index is -0.903. The smallest absolute Gasteiger partial charge is 0.311 e. The zero-order valence-corrected chi connectivity index (χ0v) is 18.0. The summed E-state index contributed by atoms with van der Waals surface area (Å²) in [4.78, 5) is 39.2. The number of benzene rings is 1. The number of hydrogen-bond acceptors (Lipinski definition) is 5. The van der Waals surface area contributed by atoms with Crippen molar-refractivity contribution in [2.75, 3.05) is 19.6 Å². The second kappa shape index (κ2) is 9.16. The van der Waals surface area contributed by atoms with Crippen molar-refractivity contribution in [1.29, 1.82) is 0 Å². The molecule has 0 aromatic heterocycles. The predicted octanol–water partition coefficient (Wildman–Crippen LogP) is 2.41. The maximum absolute atomic E-state index is 13.3. The molecule has 1 aromatic carbocycles. The molecule has 2 N–H and O–H groups in total. The highest BCUT2D eigenvalue weighted by Gasteiger charge is 2.44. The zero-order chi connectivity index (χ0) is 21.9. The highest BCUT2D eigenvalue weighted by molar-refractivity contribution is 5.89. The number of nitrogens with zero attached hydrogens (tertiary/aromatic N) is 1. The molecule has 1 amide bonds. The Hall–Kier alpha value is -2.41. The van der Waals surface area contributed by atoms with Gasteiger partial charge in [0.2, 0.25) is 5.91 Å². The molecule has 0 aliphatic carbocycles. The second-order valence-electron chi connectivity index (χ2n) is 9.41. The zero-order valence-electron chi connectivity index (χ0n) is 18.0. The van der Waals surface area contributed by atoms with Gasteiger partial charge in [0.05, 0.1) is 5.92 Å². The number of rotatable bonds is 5. The molecule has 7 heteroatoms. The molecule has 0 spiro atoms. The first kappa shape index (κ1) is 22.3. The summed E-state index contributed by atoms with van der Waals surface area (Å²) >= 11 is 0. The summed E-state index contributed by atoms with van der Waals surface area (Å²) in [6.07, 6.45) is 1.19. The number of esters is 1. The average molecular weight is 417 g/mol. The maximum Gasteiger partial charge on any atom is 0.311 e. The third kappa shape index (κ3) is 5.59. The lowest BCUT2D eigenvalue weighted by Crippen LogP contribution is -2.57. The van der Waals surface area contributed by atoms with E-state index in [1.54, 1.807) is 20.8 Å². The lowest BCUT2D eigenvalue weighted by Gasteiger charge is -2.37. The van der Waals surface area contributed by atoms with Crippen LogP contribution in [0, 0.1) is 11.8 Å². The van der Waals surface area contributed by atoms with E-state index in [-0.39, 0.29) is 18.2 Å². The van der Waals surface area contributed by atoms with Crippen molar-refractivity contribution in [2.45, 2.75) is 57.6 Å². The summed E-state index contributed by atoms with van der Waals surface area (Å²) < 4.78 is 5.57. The van der Waals surface area contributed by atoms with Gasteiger partial charge >= 0.3 is 11.9 Å². The minimum Gasteiger partial charge on any atom is -0.481 e. The van der Waals surface area contributed by atoms with Gasteiger partial charge in [-0.1, -0.05) is 30.3 Å². The number of carboxylic acid groups (broad SMARTS) is 1. The second-order valence-corrected chi connectivity index (χ2v) is 9.41. The Morgan fingerprint density at radius 3 is 2.53 bits per heavy atom. The molecule has 4 atom stereocenters. The Morgan fingerprint density at radius 1 is 1.20 bits per heavy atom. The van der Waals surface area contributed by atoms with Gasteiger partial charge in [-0.05, 0) is 51.6 Å². The number of carbonyl (C=O) groups is 3. The van der Waals surface area contributed by atoms with Gasteiger partial charge in [-0.3, -0.25) is 14.4 Å². The minimum absolute atomic E-state index is 0.0347. The van der Waals surface area contributed by atoms with Crippen LogP contribution in [0.4, 0.5) is 0 Å². The molecule has 2 unspecified atom stereocenters. The Balaban J connectivity index is 1.72. The van der Waals surface area contributed by atoms with Crippen LogP contribution >= 0.6 is 0 Å². The van der Waals surface area contributed by atoms with Crippen molar-refractivity contribution >= 4 is 17.8 Å². The third-order valence-electron chi connectivity index (χ3n) is 5.83. The molecule has 30 heavy (non-hydrogen) atoms. The first-order valence-corrected chi connectivity index (χ1v) is 10.7. The maximum atomic E-state index is 13.3. The van der Waals surface area contributed by atoms with Gasteiger partial charge in [-0.15, -0.1) is 0 Å². The molecule has 2 fully saturated rings. The molecule has 3 rings (SSSR count). The quantitative estimate of drug-likeness (QED) is 0.716. The highest BCUT2D eigenvalue weighted by Crippen LogP contribution is 2.31. The van der Waals surface area contributed by atoms with Crippen LogP contribution in [0.25, 0.3) is 0 Å². The van der Waals surface area contributed by atoms with Crippen molar-refractivity contribution < 1.29 is 24.2 Å². The number of carbonyl (C=O) groups excluding carboxylic acids is 2. The van der Waals surface area contributed by atoms with Gasteiger partial charge in [0.1, 0.15) is 11.6 Å². The van der Waals surface area contributed by atoms with E-state index >= 15 is 0 Å². The summed E-state index contributed by atoms with van der Waals surface area (Å²) in [6.45, 7) is 7.04.